The first-order valence-electron chi connectivity index (χ1n) is 6.37. The van der Waals surface area contributed by atoms with Gasteiger partial charge in [0.2, 0.25) is 5.78 Å². The lowest BCUT2D eigenvalue weighted by molar-refractivity contribution is 0.103. The van der Waals surface area contributed by atoms with E-state index in [0.717, 1.165) is 0 Å². The molecule has 1 aromatic heterocycles. The number of nitrogens with zero attached hydrogens (tertiary/aromatic N) is 1. The molecule has 2 rings (SSSR count). The number of nitrogen functional groups attached to an aromatic ring is 1. The van der Waals surface area contributed by atoms with E-state index in [9.17, 15) is 4.79 Å². The zero-order valence-electron chi connectivity index (χ0n) is 12.0. The van der Waals surface area contributed by atoms with Crippen LogP contribution in [0.3, 0.4) is 0 Å². The maximum atomic E-state index is 12.3. The number of rotatable bonds is 2. The molecular weight excluding hydrogens is 268 g/mol. The highest BCUT2D eigenvalue weighted by Gasteiger charge is 2.13. The van der Waals surface area contributed by atoms with Crippen LogP contribution >= 0.6 is 15.9 Å². The number of carbonyl (C=O) groups excluding carboxylic acids is 1. The van der Waals surface area contributed by atoms with Crippen LogP contribution in [-0.2, 0) is 0 Å². The second-order valence-corrected chi connectivity index (χ2v) is 3.92. The molecule has 0 radical (unpaired) electrons. The van der Waals surface area contributed by atoms with Crippen molar-refractivity contribution in [2.45, 2.75) is 0 Å². The van der Waals surface area contributed by atoms with Crippen molar-refractivity contribution in [3.8, 4) is 0 Å². The molecule has 0 saturated heterocycles. The molecule has 3 nitrogen and oxygen atoms in total. The van der Waals surface area contributed by atoms with Gasteiger partial charge in [0, 0.05) is 21.9 Å². The Bertz CT molecular complexity index is 721. The number of halogens is 1. The molecule has 1 aromatic carbocycles. The summed E-state index contributed by atoms with van der Waals surface area (Å²) >= 11 is 3.22. The lowest BCUT2D eigenvalue weighted by Gasteiger charge is -2.04. The number of hydrogen-bond acceptors (Lipinski definition) is 3. The van der Waals surface area contributed by atoms with Crippen LogP contribution in [0, 0.1) is 0 Å². The average Bonchev–Trinajstić information content (AvgIpc) is 2.42. The summed E-state index contributed by atoms with van der Waals surface area (Å²) in [6.45, 7) is 0. The highest BCUT2D eigenvalue weighted by Crippen LogP contribution is 2.20. The lowest BCUT2D eigenvalue weighted by atomic mass is 10.1. The Morgan fingerprint density at radius 3 is 3.06 bits per heavy atom. The number of aromatic nitrogens is 1. The molecule has 0 aliphatic heterocycles. The van der Waals surface area contributed by atoms with Gasteiger partial charge in [-0.15, -0.1) is 0 Å². The van der Waals surface area contributed by atoms with E-state index in [4.69, 9.17) is 11.2 Å². The van der Waals surface area contributed by atoms with Gasteiger partial charge in [0.1, 0.15) is 5.69 Å². The van der Waals surface area contributed by atoms with E-state index in [1.165, 1.54) is 12.1 Å². The van der Waals surface area contributed by atoms with Crippen molar-refractivity contribution >= 4 is 27.4 Å². The number of anilines is 1. The third-order valence-corrected chi connectivity index (χ3v) is 2.44. The molecule has 0 unspecified atom stereocenters. The molecule has 1 heterocycles. The van der Waals surface area contributed by atoms with Gasteiger partial charge in [0.05, 0.1) is 5.48 Å². The average molecular weight is 281 g/mol. The van der Waals surface area contributed by atoms with Gasteiger partial charge in [-0.3, -0.25) is 9.78 Å². The van der Waals surface area contributed by atoms with E-state index in [1.54, 1.807) is 6.07 Å². The standard InChI is InChI=1S/C12H9BrN2O/c13-8-4-5-10(14)9(7-8)12(16)11-3-1-2-6-15-11/h1-7H,14H2/i1D,2D,3D,6D. The predicted octanol–water partition coefficient (Wildman–Crippen LogP) is 2.66. The molecule has 0 atom stereocenters. The second kappa shape index (κ2) is 4.45. The molecule has 0 saturated carbocycles. The van der Waals surface area contributed by atoms with Crippen molar-refractivity contribution in [1.29, 1.82) is 0 Å². The normalized spacial score (nSPS) is 13.6. The monoisotopic (exact) mass is 280 g/mol. The van der Waals surface area contributed by atoms with E-state index >= 15 is 0 Å². The molecule has 16 heavy (non-hydrogen) atoms. The highest BCUT2D eigenvalue weighted by molar-refractivity contribution is 9.10. The minimum atomic E-state index is -0.643. The summed E-state index contributed by atoms with van der Waals surface area (Å²) in [6.07, 6.45) is -0.511. The smallest absolute Gasteiger partial charge is 0.213 e. The van der Waals surface area contributed by atoms with E-state index in [-0.39, 0.29) is 16.9 Å². The van der Waals surface area contributed by atoms with Crippen LogP contribution in [-0.4, -0.2) is 10.8 Å². The van der Waals surface area contributed by atoms with Crippen molar-refractivity contribution in [1.82, 2.24) is 4.98 Å². The molecule has 0 amide bonds. The molecule has 0 aliphatic rings. The van der Waals surface area contributed by atoms with Crippen LogP contribution in [0.15, 0.2) is 47.0 Å². The maximum absolute atomic E-state index is 12.3. The lowest BCUT2D eigenvalue weighted by Crippen LogP contribution is -2.06. The summed E-state index contributed by atoms with van der Waals surface area (Å²) in [6, 6.07) is 3.23. The molecule has 2 N–H and O–H groups in total. The highest BCUT2D eigenvalue weighted by atomic mass is 79.9. The third-order valence-electron chi connectivity index (χ3n) is 1.94. The fraction of sp³-hybridized carbons (Fsp3) is 0. The number of carbonyl (C=O) groups is 1. The van der Waals surface area contributed by atoms with E-state index in [0.29, 0.717) is 4.47 Å². The molecule has 0 bridgehead atoms. The van der Waals surface area contributed by atoms with Gasteiger partial charge in [-0.1, -0.05) is 22.0 Å². The summed E-state index contributed by atoms with van der Waals surface area (Å²) in [5.41, 5.74) is 5.73. The van der Waals surface area contributed by atoms with Crippen LogP contribution < -0.4 is 5.73 Å². The number of nitrogens with two attached hydrogens (primary N) is 1. The Kier molecular flexibility index (Phi) is 1.89. The fourth-order valence-corrected chi connectivity index (χ4v) is 1.55. The van der Waals surface area contributed by atoms with Crippen molar-refractivity contribution < 1.29 is 10.3 Å². The molecule has 4 heteroatoms. The van der Waals surface area contributed by atoms with Gasteiger partial charge in [0.15, 0.2) is 0 Å². The van der Waals surface area contributed by atoms with E-state index in [1.807, 2.05) is 0 Å². The van der Waals surface area contributed by atoms with Gasteiger partial charge < -0.3 is 5.73 Å². The van der Waals surface area contributed by atoms with Crippen LogP contribution in [0.4, 0.5) is 5.69 Å². The Hall–Kier alpha value is -1.68. The zero-order chi connectivity index (χ0) is 15.0. The largest absolute Gasteiger partial charge is 0.398 e. The number of ketones is 1. The fourth-order valence-electron chi connectivity index (χ4n) is 1.19. The Morgan fingerprint density at radius 2 is 2.25 bits per heavy atom. The summed E-state index contributed by atoms with van der Waals surface area (Å²) < 4.78 is 30.8. The summed E-state index contributed by atoms with van der Waals surface area (Å²) in [5, 5.41) is 0. The first-order valence-corrected chi connectivity index (χ1v) is 5.16. The van der Waals surface area contributed by atoms with E-state index < -0.39 is 30.1 Å². The second-order valence-electron chi connectivity index (χ2n) is 3.01. The SMILES string of the molecule is [2H]c1nc(C(=O)c2cc(Br)ccc2N)c([2H])c([2H])c1[2H]. The summed E-state index contributed by atoms with van der Waals surface area (Å²) in [5.74, 6) is -0.643. The quantitative estimate of drug-likeness (QED) is 0.680. The van der Waals surface area contributed by atoms with Crippen LogP contribution in [0.25, 0.3) is 0 Å². The van der Waals surface area contributed by atoms with Gasteiger partial charge in [0.25, 0.3) is 0 Å². The summed E-state index contributed by atoms with van der Waals surface area (Å²) in [7, 11) is 0. The Balaban J connectivity index is 2.63. The number of benzene rings is 1. The first kappa shape index (κ1) is 6.81. The molecule has 80 valence electrons. The van der Waals surface area contributed by atoms with Crippen LogP contribution in [0.2, 0.25) is 0 Å². The van der Waals surface area contributed by atoms with Gasteiger partial charge in [-0.25, -0.2) is 0 Å². The minimum Gasteiger partial charge on any atom is -0.398 e. The van der Waals surface area contributed by atoms with Crippen LogP contribution in [0.1, 0.15) is 21.5 Å². The van der Waals surface area contributed by atoms with Gasteiger partial charge >= 0.3 is 0 Å². The molecule has 2 aromatic rings. The zero-order valence-corrected chi connectivity index (χ0v) is 9.63. The molecular formula is C12H9BrN2O. The molecule has 0 aliphatic carbocycles. The molecule has 0 fully saturated rings. The van der Waals surface area contributed by atoms with Crippen molar-refractivity contribution in [2.75, 3.05) is 5.73 Å². The van der Waals surface area contributed by atoms with Crippen LogP contribution in [0.5, 0.6) is 0 Å². The van der Waals surface area contributed by atoms with Crippen molar-refractivity contribution in [2.24, 2.45) is 0 Å². The Labute approximate surface area is 107 Å². The number of hydrogen-bond donors (Lipinski definition) is 1. The minimum absolute atomic E-state index is 0.136. The first-order chi connectivity index (χ1) is 9.32. The van der Waals surface area contributed by atoms with Crippen molar-refractivity contribution in [3.63, 3.8) is 0 Å². The summed E-state index contributed by atoms with van der Waals surface area (Å²) in [4.78, 5) is 16.0. The Morgan fingerprint density at radius 1 is 1.44 bits per heavy atom. The predicted molar refractivity (Wildman–Crippen MR) is 66.2 cm³/mol. The van der Waals surface area contributed by atoms with Crippen molar-refractivity contribution in [3.05, 3.63) is 58.2 Å². The third kappa shape index (κ3) is 2.12. The topological polar surface area (TPSA) is 56.0 Å². The molecule has 0 spiro atoms. The van der Waals surface area contributed by atoms with Gasteiger partial charge in [-0.2, -0.15) is 0 Å². The van der Waals surface area contributed by atoms with E-state index in [2.05, 4.69) is 20.9 Å². The van der Waals surface area contributed by atoms with Gasteiger partial charge in [-0.05, 0) is 30.3 Å². The maximum Gasteiger partial charge on any atom is 0.213 e. The number of pyridine rings is 1.